The molecule has 2 aromatic carbocycles. The number of nitrogens with zero attached hydrogens (tertiary/aromatic N) is 3. The highest BCUT2D eigenvalue weighted by atomic mass is 16.6. The number of amides is 1. The van der Waals surface area contributed by atoms with Crippen molar-refractivity contribution in [2.45, 2.75) is 57.8 Å². The maximum absolute atomic E-state index is 12.6. The van der Waals surface area contributed by atoms with E-state index in [0.29, 0.717) is 16.4 Å². The van der Waals surface area contributed by atoms with Crippen LogP contribution >= 0.6 is 0 Å². The van der Waals surface area contributed by atoms with Crippen LogP contribution in [0.3, 0.4) is 0 Å². The van der Waals surface area contributed by atoms with E-state index in [4.69, 9.17) is 4.42 Å². The molecule has 4 saturated carbocycles. The number of carbonyl (C=O) groups is 1. The molecule has 4 aliphatic carbocycles. The van der Waals surface area contributed by atoms with Crippen molar-refractivity contribution in [3.8, 4) is 5.69 Å². The molecule has 8 nitrogen and oxygen atoms in total. The number of non-ortho nitro benzene ring substituents is 1. The zero-order valence-electron chi connectivity index (χ0n) is 22.7. The van der Waals surface area contributed by atoms with Crippen molar-refractivity contribution >= 4 is 28.8 Å². The van der Waals surface area contributed by atoms with Crippen molar-refractivity contribution in [1.82, 2.24) is 9.99 Å². The number of nitrogens with one attached hydrogen (secondary N) is 1. The van der Waals surface area contributed by atoms with E-state index in [1.165, 1.54) is 68.4 Å². The van der Waals surface area contributed by atoms with E-state index in [-0.39, 0.29) is 11.4 Å². The number of benzene rings is 2. The number of aryl methyl sites for hydroxylation is 1. The molecule has 0 radical (unpaired) electrons. The molecular weight excluding hydrogens is 504 g/mol. The summed E-state index contributed by atoms with van der Waals surface area (Å²) >= 11 is 0. The minimum Gasteiger partial charge on any atom is -0.451 e. The summed E-state index contributed by atoms with van der Waals surface area (Å²) in [6.45, 7) is 4.12. The first-order valence-corrected chi connectivity index (χ1v) is 14.1. The van der Waals surface area contributed by atoms with Gasteiger partial charge in [-0.05, 0) is 111 Å². The molecule has 4 fully saturated rings. The van der Waals surface area contributed by atoms with Gasteiger partial charge in [-0.2, -0.15) is 5.10 Å². The number of hydrogen-bond acceptors (Lipinski definition) is 5. The smallest absolute Gasteiger partial charge is 0.307 e. The van der Waals surface area contributed by atoms with Gasteiger partial charge >= 0.3 is 5.91 Å². The zero-order chi connectivity index (χ0) is 27.6. The molecule has 0 saturated heterocycles. The Kier molecular flexibility index (Phi) is 5.70. The Morgan fingerprint density at radius 3 is 2.35 bits per heavy atom. The van der Waals surface area contributed by atoms with Gasteiger partial charge in [0.1, 0.15) is 5.58 Å². The Morgan fingerprint density at radius 2 is 1.70 bits per heavy atom. The fourth-order valence-electron chi connectivity index (χ4n) is 8.22. The third-order valence-electron chi connectivity index (χ3n) is 9.55. The van der Waals surface area contributed by atoms with Crippen LogP contribution in [0.4, 0.5) is 5.69 Å². The molecule has 204 valence electrons. The van der Waals surface area contributed by atoms with Crippen molar-refractivity contribution in [1.29, 1.82) is 0 Å². The Balaban J connectivity index is 1.07. The first-order valence-electron chi connectivity index (χ1n) is 14.1. The minimum atomic E-state index is -0.524. The van der Waals surface area contributed by atoms with E-state index in [1.54, 1.807) is 6.21 Å². The van der Waals surface area contributed by atoms with Crippen LogP contribution in [-0.4, -0.2) is 21.6 Å². The van der Waals surface area contributed by atoms with Gasteiger partial charge in [0.2, 0.25) is 0 Å². The summed E-state index contributed by atoms with van der Waals surface area (Å²) in [5.74, 6) is 2.29. The molecule has 40 heavy (non-hydrogen) atoms. The molecule has 2 aromatic heterocycles. The SMILES string of the molecule is Cc1cc(/C=N\NC(=O)c2cc3cc([N+](=O)[O-])ccc3o2)c(C)n1-c1ccc(C23CC4CC(CC(C4)C2)C3)cc1. The Morgan fingerprint density at radius 1 is 1.02 bits per heavy atom. The summed E-state index contributed by atoms with van der Waals surface area (Å²) in [5, 5.41) is 15.7. The molecule has 0 spiro atoms. The lowest BCUT2D eigenvalue weighted by atomic mass is 9.48. The maximum atomic E-state index is 12.6. The Bertz CT molecular complexity index is 1640. The molecule has 0 atom stereocenters. The van der Waals surface area contributed by atoms with Crippen molar-refractivity contribution in [3.63, 3.8) is 0 Å². The van der Waals surface area contributed by atoms with Crippen molar-refractivity contribution < 1.29 is 14.1 Å². The minimum absolute atomic E-state index is 0.0391. The van der Waals surface area contributed by atoms with Crippen molar-refractivity contribution in [3.05, 3.63) is 93.0 Å². The van der Waals surface area contributed by atoms with Crippen LogP contribution < -0.4 is 5.43 Å². The summed E-state index contributed by atoms with van der Waals surface area (Å²) < 4.78 is 7.77. The van der Waals surface area contributed by atoms with Gasteiger partial charge in [-0.25, -0.2) is 5.43 Å². The molecule has 4 aliphatic rings. The van der Waals surface area contributed by atoms with Crippen LogP contribution in [0.1, 0.15) is 71.6 Å². The van der Waals surface area contributed by atoms with Crippen LogP contribution in [0.5, 0.6) is 0 Å². The van der Waals surface area contributed by atoms with Crippen molar-refractivity contribution in [2.24, 2.45) is 22.9 Å². The molecule has 4 bridgehead atoms. The molecule has 4 aromatic rings. The maximum Gasteiger partial charge on any atom is 0.307 e. The molecule has 0 aliphatic heterocycles. The third kappa shape index (κ3) is 4.13. The van der Waals surface area contributed by atoms with E-state index in [2.05, 4.69) is 59.3 Å². The van der Waals surface area contributed by atoms with Crippen LogP contribution in [0, 0.1) is 41.7 Å². The summed E-state index contributed by atoms with van der Waals surface area (Å²) in [5.41, 5.74) is 8.91. The predicted molar refractivity (Wildman–Crippen MR) is 153 cm³/mol. The van der Waals surface area contributed by atoms with Gasteiger partial charge in [0.25, 0.3) is 5.69 Å². The third-order valence-corrected chi connectivity index (χ3v) is 9.55. The summed E-state index contributed by atoms with van der Waals surface area (Å²) in [6.07, 6.45) is 10.1. The summed E-state index contributed by atoms with van der Waals surface area (Å²) in [4.78, 5) is 23.1. The van der Waals surface area contributed by atoms with E-state index in [1.807, 2.05) is 0 Å². The largest absolute Gasteiger partial charge is 0.451 e. The normalized spacial score (nSPS) is 25.2. The summed E-state index contributed by atoms with van der Waals surface area (Å²) in [6, 6.07) is 17.0. The zero-order valence-corrected chi connectivity index (χ0v) is 22.7. The van der Waals surface area contributed by atoms with Gasteiger partial charge in [-0.3, -0.25) is 14.9 Å². The standard InChI is InChI=1S/C32H32N4O4/c1-19-9-25(18-33-34-31(37)30-14-24-13-28(36(38)39)7-8-29(24)40-30)20(2)35(19)27-5-3-26(4-6-27)32-15-21-10-22(16-32)12-23(11-21)17-32/h3-9,13-14,18,21-23H,10-12,15-17H2,1-2H3,(H,34,37)/b33-18-. The number of aromatic nitrogens is 1. The lowest BCUT2D eigenvalue weighted by molar-refractivity contribution is -0.384. The summed E-state index contributed by atoms with van der Waals surface area (Å²) in [7, 11) is 0. The average molecular weight is 537 g/mol. The van der Waals surface area contributed by atoms with E-state index in [9.17, 15) is 14.9 Å². The van der Waals surface area contributed by atoms with E-state index < -0.39 is 10.8 Å². The molecule has 1 amide bonds. The van der Waals surface area contributed by atoms with E-state index >= 15 is 0 Å². The molecular formula is C32H32N4O4. The second kappa shape index (κ2) is 9.18. The number of fused-ring (bicyclic) bond motifs is 1. The number of rotatable bonds is 6. The van der Waals surface area contributed by atoms with Gasteiger partial charge in [0, 0.05) is 40.2 Å². The van der Waals surface area contributed by atoms with Gasteiger partial charge in [-0.1, -0.05) is 12.1 Å². The Hall–Kier alpha value is -4.20. The first-order chi connectivity index (χ1) is 19.3. The predicted octanol–water partition coefficient (Wildman–Crippen LogP) is 6.98. The van der Waals surface area contributed by atoms with Crippen LogP contribution in [0.25, 0.3) is 16.7 Å². The van der Waals surface area contributed by atoms with Gasteiger partial charge < -0.3 is 8.98 Å². The second-order valence-electron chi connectivity index (χ2n) is 12.2. The van der Waals surface area contributed by atoms with Gasteiger partial charge in [0.15, 0.2) is 5.76 Å². The number of nitro benzene ring substituents is 1. The lowest BCUT2D eigenvalue weighted by Gasteiger charge is -2.57. The monoisotopic (exact) mass is 536 g/mol. The van der Waals surface area contributed by atoms with Crippen LogP contribution in [-0.2, 0) is 5.41 Å². The first kappa shape index (κ1) is 24.8. The van der Waals surface area contributed by atoms with Crippen molar-refractivity contribution in [2.75, 3.05) is 0 Å². The molecule has 8 heteroatoms. The fourth-order valence-corrected chi connectivity index (χ4v) is 8.22. The van der Waals surface area contributed by atoms with E-state index in [0.717, 1.165) is 40.4 Å². The molecule has 1 N–H and O–H groups in total. The molecule has 2 heterocycles. The van der Waals surface area contributed by atoms with Crippen LogP contribution in [0.15, 0.2) is 64.1 Å². The number of nitro groups is 1. The van der Waals surface area contributed by atoms with Gasteiger partial charge in [0.05, 0.1) is 11.1 Å². The highest BCUT2D eigenvalue weighted by Crippen LogP contribution is 2.60. The highest BCUT2D eigenvalue weighted by Gasteiger charge is 2.51. The number of carbonyl (C=O) groups excluding carboxylic acids is 1. The number of hydrazone groups is 1. The molecule has 8 rings (SSSR count). The second-order valence-corrected chi connectivity index (χ2v) is 12.2. The quantitative estimate of drug-likeness (QED) is 0.163. The van der Waals surface area contributed by atoms with Crippen LogP contribution in [0.2, 0.25) is 0 Å². The van der Waals surface area contributed by atoms with Gasteiger partial charge in [-0.15, -0.1) is 0 Å². The Labute approximate surface area is 232 Å². The molecule has 0 unspecified atom stereocenters. The highest BCUT2D eigenvalue weighted by molar-refractivity contribution is 5.97. The topological polar surface area (TPSA) is 103 Å². The number of hydrogen-bond donors (Lipinski definition) is 1. The average Bonchev–Trinajstić information content (AvgIpc) is 3.47. The number of furan rings is 1. The fraction of sp³-hybridized carbons (Fsp3) is 0.375. The lowest BCUT2D eigenvalue weighted by Crippen LogP contribution is -2.48.